The number of esters is 1. The van der Waals surface area contributed by atoms with Crippen molar-refractivity contribution in [1.82, 2.24) is 0 Å². The molecular weight excluding hydrogens is 399 g/mol. The SMILES string of the molecule is CCCCCCCCCCCCc1ccc(-c2ccc(OC(=O)C(C)CC)c(F)c2)cc1. The van der Waals surface area contributed by atoms with Crippen molar-refractivity contribution in [3.05, 3.63) is 53.8 Å². The van der Waals surface area contributed by atoms with Crippen LogP contribution in [0, 0.1) is 11.7 Å². The zero-order valence-electron chi connectivity index (χ0n) is 20.3. The minimum atomic E-state index is -0.506. The number of benzene rings is 2. The van der Waals surface area contributed by atoms with Crippen LogP contribution in [0.5, 0.6) is 5.75 Å². The summed E-state index contributed by atoms with van der Waals surface area (Å²) in [4.78, 5) is 11.9. The molecule has 1 atom stereocenters. The van der Waals surface area contributed by atoms with E-state index >= 15 is 0 Å². The Labute approximate surface area is 194 Å². The predicted molar refractivity (Wildman–Crippen MR) is 132 cm³/mol. The van der Waals surface area contributed by atoms with Gasteiger partial charge in [-0.15, -0.1) is 0 Å². The lowest BCUT2D eigenvalue weighted by molar-refractivity contribution is -0.138. The van der Waals surface area contributed by atoms with Gasteiger partial charge in [0.15, 0.2) is 11.6 Å². The van der Waals surface area contributed by atoms with Gasteiger partial charge in [0.1, 0.15) is 0 Å². The summed E-state index contributed by atoms with van der Waals surface area (Å²) in [5.41, 5.74) is 3.08. The van der Waals surface area contributed by atoms with Crippen LogP contribution in [0.2, 0.25) is 0 Å². The van der Waals surface area contributed by atoms with Crippen LogP contribution in [0.15, 0.2) is 42.5 Å². The lowest BCUT2D eigenvalue weighted by atomic mass is 10.0. The normalized spacial score (nSPS) is 12.0. The van der Waals surface area contributed by atoms with Crippen LogP contribution >= 0.6 is 0 Å². The monoisotopic (exact) mass is 440 g/mol. The summed E-state index contributed by atoms with van der Waals surface area (Å²) < 4.78 is 19.6. The zero-order chi connectivity index (χ0) is 23.2. The summed E-state index contributed by atoms with van der Waals surface area (Å²) in [7, 11) is 0. The third-order valence-electron chi connectivity index (χ3n) is 6.26. The van der Waals surface area contributed by atoms with E-state index in [-0.39, 0.29) is 11.7 Å². The molecule has 0 aliphatic rings. The maximum atomic E-state index is 14.4. The first-order chi connectivity index (χ1) is 15.5. The van der Waals surface area contributed by atoms with E-state index < -0.39 is 11.8 Å². The van der Waals surface area contributed by atoms with Crippen molar-refractivity contribution >= 4 is 5.97 Å². The number of rotatable bonds is 15. The van der Waals surface area contributed by atoms with Crippen LogP contribution < -0.4 is 4.74 Å². The van der Waals surface area contributed by atoms with Crippen molar-refractivity contribution in [2.24, 2.45) is 5.92 Å². The summed E-state index contributed by atoms with van der Waals surface area (Å²) in [6.45, 7) is 5.96. The molecule has 0 saturated heterocycles. The van der Waals surface area contributed by atoms with Gasteiger partial charge in [-0.1, -0.05) is 109 Å². The average Bonchev–Trinajstić information content (AvgIpc) is 2.81. The van der Waals surface area contributed by atoms with Crippen molar-refractivity contribution < 1.29 is 13.9 Å². The highest BCUT2D eigenvalue weighted by molar-refractivity contribution is 5.75. The molecule has 0 aliphatic heterocycles. The molecule has 1 unspecified atom stereocenters. The molecule has 0 bridgehead atoms. The molecule has 0 aromatic heterocycles. The molecule has 0 fully saturated rings. The van der Waals surface area contributed by atoms with E-state index in [0.717, 1.165) is 17.5 Å². The van der Waals surface area contributed by atoms with Crippen molar-refractivity contribution in [2.45, 2.75) is 97.8 Å². The van der Waals surface area contributed by atoms with Crippen molar-refractivity contribution in [3.8, 4) is 16.9 Å². The second kappa shape index (κ2) is 14.8. The Balaban J connectivity index is 1.74. The number of carbonyl (C=O) groups is 1. The molecule has 0 amide bonds. The summed E-state index contributed by atoms with van der Waals surface area (Å²) in [6, 6.07) is 13.2. The summed E-state index contributed by atoms with van der Waals surface area (Å²) in [5, 5.41) is 0. The Bertz CT molecular complexity index is 797. The summed E-state index contributed by atoms with van der Waals surface area (Å²) in [6.07, 6.45) is 15.2. The Kier molecular flexibility index (Phi) is 12.1. The fraction of sp³-hybridized carbons (Fsp3) is 0.552. The highest BCUT2D eigenvalue weighted by Crippen LogP contribution is 2.27. The van der Waals surface area contributed by atoms with Crippen molar-refractivity contribution in [2.75, 3.05) is 0 Å². The van der Waals surface area contributed by atoms with Crippen LogP contribution in [-0.2, 0) is 11.2 Å². The standard InChI is InChI=1S/C29H41FO2/c1-4-6-7-8-9-10-11-12-13-14-15-24-16-18-25(19-17-24)26-20-21-28(27(30)22-26)32-29(31)23(3)5-2/h16-23H,4-15H2,1-3H3. The molecule has 0 spiro atoms. The molecule has 32 heavy (non-hydrogen) atoms. The summed E-state index contributed by atoms with van der Waals surface area (Å²) in [5.74, 6) is -1.14. The van der Waals surface area contributed by atoms with Crippen molar-refractivity contribution in [3.63, 3.8) is 0 Å². The van der Waals surface area contributed by atoms with E-state index in [1.54, 1.807) is 19.1 Å². The molecular formula is C29H41FO2. The van der Waals surface area contributed by atoms with E-state index in [4.69, 9.17) is 4.74 Å². The molecule has 2 rings (SSSR count). The molecule has 2 aromatic carbocycles. The number of aryl methyl sites for hydroxylation is 1. The zero-order valence-corrected chi connectivity index (χ0v) is 20.3. The second-order valence-corrected chi connectivity index (χ2v) is 9.00. The van der Waals surface area contributed by atoms with Gasteiger partial charge in [-0.2, -0.15) is 0 Å². The predicted octanol–water partition coefficient (Wildman–Crippen LogP) is 8.91. The molecule has 3 heteroatoms. The van der Waals surface area contributed by atoms with Gasteiger partial charge in [-0.25, -0.2) is 4.39 Å². The molecule has 0 N–H and O–H groups in total. The van der Waals surface area contributed by atoms with E-state index in [9.17, 15) is 9.18 Å². The molecule has 0 saturated carbocycles. The van der Waals surface area contributed by atoms with Crippen LogP contribution in [0.1, 0.15) is 97.0 Å². The smallest absolute Gasteiger partial charge is 0.314 e. The van der Waals surface area contributed by atoms with Gasteiger partial charge in [0.05, 0.1) is 5.92 Å². The number of carbonyl (C=O) groups excluding carboxylic acids is 1. The number of ether oxygens (including phenoxy) is 1. The first-order valence-electron chi connectivity index (χ1n) is 12.7. The maximum Gasteiger partial charge on any atom is 0.314 e. The third kappa shape index (κ3) is 9.14. The molecule has 0 radical (unpaired) electrons. The van der Waals surface area contributed by atoms with E-state index in [1.807, 2.05) is 19.1 Å². The van der Waals surface area contributed by atoms with Crippen LogP contribution in [0.25, 0.3) is 11.1 Å². The molecule has 2 aromatic rings. The quantitative estimate of drug-likeness (QED) is 0.157. The Morgan fingerprint density at radius 1 is 0.812 bits per heavy atom. The van der Waals surface area contributed by atoms with Gasteiger partial charge in [0, 0.05) is 0 Å². The molecule has 2 nitrogen and oxygen atoms in total. The summed E-state index contributed by atoms with van der Waals surface area (Å²) >= 11 is 0. The van der Waals surface area contributed by atoms with Crippen LogP contribution in [-0.4, -0.2) is 5.97 Å². The van der Waals surface area contributed by atoms with E-state index in [2.05, 4.69) is 19.1 Å². The van der Waals surface area contributed by atoms with Crippen LogP contribution in [0.3, 0.4) is 0 Å². The fourth-order valence-electron chi connectivity index (χ4n) is 3.82. The van der Waals surface area contributed by atoms with Crippen molar-refractivity contribution in [1.29, 1.82) is 0 Å². The lowest BCUT2D eigenvalue weighted by Gasteiger charge is -2.11. The van der Waals surface area contributed by atoms with E-state index in [1.165, 1.54) is 75.8 Å². The number of unbranched alkanes of at least 4 members (excludes halogenated alkanes) is 9. The van der Waals surface area contributed by atoms with Gasteiger partial charge in [-0.3, -0.25) is 4.79 Å². The largest absolute Gasteiger partial charge is 0.423 e. The first kappa shape index (κ1) is 26.1. The first-order valence-corrected chi connectivity index (χ1v) is 12.7. The van der Waals surface area contributed by atoms with Gasteiger partial charge < -0.3 is 4.74 Å². The highest BCUT2D eigenvalue weighted by atomic mass is 19.1. The topological polar surface area (TPSA) is 26.3 Å². The number of hydrogen-bond acceptors (Lipinski definition) is 2. The van der Waals surface area contributed by atoms with E-state index in [0.29, 0.717) is 6.42 Å². The maximum absolute atomic E-state index is 14.4. The lowest BCUT2D eigenvalue weighted by Crippen LogP contribution is -2.17. The Morgan fingerprint density at radius 3 is 1.94 bits per heavy atom. The minimum absolute atomic E-state index is 0.00312. The van der Waals surface area contributed by atoms with Crippen LogP contribution in [0.4, 0.5) is 4.39 Å². The highest BCUT2D eigenvalue weighted by Gasteiger charge is 2.16. The number of halogens is 1. The fourth-order valence-corrected chi connectivity index (χ4v) is 3.82. The van der Waals surface area contributed by atoms with Gasteiger partial charge in [0.25, 0.3) is 0 Å². The third-order valence-corrected chi connectivity index (χ3v) is 6.26. The van der Waals surface area contributed by atoms with Gasteiger partial charge in [-0.05, 0) is 48.1 Å². The molecule has 176 valence electrons. The molecule has 0 aliphatic carbocycles. The number of hydrogen-bond donors (Lipinski definition) is 0. The second-order valence-electron chi connectivity index (χ2n) is 9.00. The Hall–Kier alpha value is -2.16. The van der Waals surface area contributed by atoms with Gasteiger partial charge >= 0.3 is 5.97 Å². The average molecular weight is 441 g/mol. The van der Waals surface area contributed by atoms with Gasteiger partial charge in [0.2, 0.25) is 0 Å². The minimum Gasteiger partial charge on any atom is -0.423 e. The molecule has 0 heterocycles. The Morgan fingerprint density at radius 2 is 1.38 bits per heavy atom.